The summed E-state index contributed by atoms with van der Waals surface area (Å²) in [6, 6.07) is 1.96. The minimum absolute atomic E-state index is 0.0898. The van der Waals surface area contributed by atoms with E-state index in [1.165, 1.54) is 0 Å². The molecule has 1 aromatic heterocycles. The van der Waals surface area contributed by atoms with Crippen LogP contribution >= 0.6 is 11.3 Å². The van der Waals surface area contributed by atoms with Crippen molar-refractivity contribution in [3.05, 3.63) is 33.8 Å². The van der Waals surface area contributed by atoms with Crippen LogP contribution in [0.4, 0.5) is 0 Å². The van der Waals surface area contributed by atoms with E-state index in [1.54, 1.807) is 11.3 Å². The smallest absolute Gasteiger partial charge is 0.301 e. The molecule has 94 valence electrons. The number of guanidine groups is 1. The van der Waals surface area contributed by atoms with Gasteiger partial charge in [-0.3, -0.25) is 4.79 Å². The Morgan fingerprint density at radius 3 is 2.84 bits per heavy atom. The summed E-state index contributed by atoms with van der Waals surface area (Å²) < 4.78 is 0. The van der Waals surface area contributed by atoms with Gasteiger partial charge >= 0.3 is 5.91 Å². The van der Waals surface area contributed by atoms with E-state index in [0.29, 0.717) is 17.7 Å². The summed E-state index contributed by atoms with van der Waals surface area (Å²) in [4.78, 5) is 23.3. The first-order valence-corrected chi connectivity index (χ1v) is 6.31. The third-order valence-electron chi connectivity index (χ3n) is 2.71. The molecule has 7 nitrogen and oxygen atoms in total. The van der Waals surface area contributed by atoms with Gasteiger partial charge in [0.1, 0.15) is 5.71 Å². The molecule has 0 unspecified atom stereocenters. The Bertz CT molecular complexity index is 695. The number of nitrogens with two attached hydrogens (primary N) is 1. The molecule has 0 bridgehead atoms. The van der Waals surface area contributed by atoms with Gasteiger partial charge in [-0.1, -0.05) is 0 Å². The van der Waals surface area contributed by atoms with E-state index < -0.39 is 5.91 Å². The summed E-state index contributed by atoms with van der Waals surface area (Å²) in [7, 11) is 0. The monoisotopic (exact) mass is 272 g/mol. The van der Waals surface area contributed by atoms with Gasteiger partial charge in [0.15, 0.2) is 11.5 Å². The average molecular weight is 272 g/mol. The van der Waals surface area contributed by atoms with Crippen LogP contribution in [0.3, 0.4) is 0 Å². The quantitative estimate of drug-likeness (QED) is 0.806. The van der Waals surface area contributed by atoms with Gasteiger partial charge in [0.05, 0.1) is 0 Å². The highest BCUT2D eigenvalue weighted by atomic mass is 32.1. The second kappa shape index (κ2) is 4.32. The zero-order valence-corrected chi connectivity index (χ0v) is 10.4. The molecular weight excluding hydrogens is 264 g/mol. The zero-order chi connectivity index (χ0) is 13.4. The number of rotatable bonds is 3. The summed E-state index contributed by atoms with van der Waals surface area (Å²) >= 11 is 1.57. The van der Waals surface area contributed by atoms with Crippen molar-refractivity contribution < 1.29 is 4.79 Å². The van der Waals surface area contributed by atoms with Crippen LogP contribution in [-0.2, 0) is 11.2 Å². The van der Waals surface area contributed by atoms with Crippen LogP contribution in [0.25, 0.3) is 0 Å². The topological polar surface area (TPSA) is 116 Å². The fourth-order valence-electron chi connectivity index (χ4n) is 1.89. The van der Waals surface area contributed by atoms with Crippen molar-refractivity contribution in [2.75, 3.05) is 0 Å². The molecule has 0 spiro atoms. The van der Waals surface area contributed by atoms with E-state index in [1.807, 2.05) is 16.8 Å². The first-order valence-electron chi connectivity index (χ1n) is 5.37. The van der Waals surface area contributed by atoms with Crippen LogP contribution in [0, 0.1) is 5.53 Å². The van der Waals surface area contributed by atoms with Gasteiger partial charge in [-0.25, -0.2) is 15.5 Å². The molecular formula is C11H8N6OS. The summed E-state index contributed by atoms with van der Waals surface area (Å²) in [5, 5.41) is 7.29. The number of aliphatic imine (C=N–C) groups is 3. The number of fused-ring (bicyclic) bond motifs is 1. The number of carbonyl (C=O) groups is 1. The number of amides is 1. The van der Waals surface area contributed by atoms with E-state index in [0.717, 1.165) is 5.56 Å². The summed E-state index contributed by atoms with van der Waals surface area (Å²) in [5.41, 5.74) is 14.8. The van der Waals surface area contributed by atoms with E-state index in [9.17, 15) is 4.79 Å². The highest BCUT2D eigenvalue weighted by Crippen LogP contribution is 2.25. The Morgan fingerprint density at radius 2 is 2.16 bits per heavy atom. The second-order valence-electron chi connectivity index (χ2n) is 3.92. The van der Waals surface area contributed by atoms with Crippen LogP contribution in [0.15, 0.2) is 48.3 Å². The molecule has 1 aromatic rings. The first-order chi connectivity index (χ1) is 9.19. The Morgan fingerprint density at radius 1 is 1.32 bits per heavy atom. The lowest BCUT2D eigenvalue weighted by Gasteiger charge is -2.08. The molecule has 0 fully saturated rings. The van der Waals surface area contributed by atoms with Crippen LogP contribution in [0.2, 0.25) is 0 Å². The number of allylic oxidation sites excluding steroid dienone is 1. The van der Waals surface area contributed by atoms with Crippen LogP contribution < -0.4 is 5.73 Å². The molecule has 8 heteroatoms. The Labute approximate surface area is 111 Å². The number of nitrogens with zero attached hydrogens (tertiary/aromatic N) is 4. The van der Waals surface area contributed by atoms with E-state index in [2.05, 4.69) is 20.1 Å². The predicted octanol–water partition coefficient (Wildman–Crippen LogP) is 1.28. The van der Waals surface area contributed by atoms with Crippen LogP contribution in [-0.4, -0.2) is 23.3 Å². The molecule has 0 aliphatic carbocycles. The third-order valence-corrected chi connectivity index (χ3v) is 3.44. The van der Waals surface area contributed by atoms with Crippen molar-refractivity contribution in [3.8, 4) is 0 Å². The molecule has 1 amide bonds. The Hall–Kier alpha value is -2.48. The van der Waals surface area contributed by atoms with Gasteiger partial charge in [-0.15, -0.1) is 5.11 Å². The maximum atomic E-state index is 11.7. The van der Waals surface area contributed by atoms with Gasteiger partial charge in [0.25, 0.3) is 0 Å². The lowest BCUT2D eigenvalue weighted by atomic mass is 10.0. The van der Waals surface area contributed by atoms with Gasteiger partial charge < -0.3 is 5.73 Å². The fraction of sp³-hybridized carbons (Fsp3) is 0.0909. The third kappa shape index (κ3) is 1.91. The van der Waals surface area contributed by atoms with Gasteiger partial charge in [0, 0.05) is 12.0 Å². The molecule has 2 aliphatic heterocycles. The number of carbonyl (C=O) groups excluding carboxylic acids is 1. The summed E-state index contributed by atoms with van der Waals surface area (Å²) in [5.74, 6) is -0.435. The molecule has 0 radical (unpaired) electrons. The molecule has 3 rings (SSSR count). The molecule has 19 heavy (non-hydrogen) atoms. The summed E-state index contributed by atoms with van der Waals surface area (Å²) in [6.45, 7) is 0. The van der Waals surface area contributed by atoms with E-state index in [-0.39, 0.29) is 17.5 Å². The molecule has 3 heterocycles. The molecule has 0 saturated carbocycles. The maximum Gasteiger partial charge on any atom is 0.301 e. The van der Waals surface area contributed by atoms with Crippen LogP contribution in [0.1, 0.15) is 5.56 Å². The maximum absolute atomic E-state index is 11.7. The van der Waals surface area contributed by atoms with E-state index in [4.69, 9.17) is 11.3 Å². The summed E-state index contributed by atoms with van der Waals surface area (Å²) in [6.07, 6.45) is 0.508. The molecule has 0 atom stereocenters. The number of hydrogen-bond donors (Lipinski definition) is 2. The normalized spacial score (nSPS) is 17.9. The molecule has 3 N–H and O–H groups in total. The van der Waals surface area contributed by atoms with Crippen molar-refractivity contribution in [3.63, 3.8) is 0 Å². The van der Waals surface area contributed by atoms with Crippen molar-refractivity contribution in [2.45, 2.75) is 6.42 Å². The lowest BCUT2D eigenvalue weighted by Crippen LogP contribution is -2.31. The van der Waals surface area contributed by atoms with Gasteiger partial charge in [-0.05, 0) is 22.4 Å². The molecule has 0 saturated heterocycles. The first kappa shape index (κ1) is 11.6. The van der Waals surface area contributed by atoms with Gasteiger partial charge in [-0.2, -0.15) is 16.3 Å². The van der Waals surface area contributed by atoms with Crippen molar-refractivity contribution >= 4 is 34.6 Å². The predicted molar refractivity (Wildman–Crippen MR) is 71.7 cm³/mol. The minimum Gasteiger partial charge on any atom is -0.368 e. The van der Waals surface area contributed by atoms with Crippen molar-refractivity contribution in [1.29, 1.82) is 5.53 Å². The molecule has 0 aromatic carbocycles. The number of nitrogens with one attached hydrogen (secondary N) is 1. The fourth-order valence-corrected chi connectivity index (χ4v) is 2.56. The number of hydrogen-bond acceptors (Lipinski definition) is 7. The van der Waals surface area contributed by atoms with Gasteiger partial charge in [0.2, 0.25) is 5.96 Å². The zero-order valence-electron chi connectivity index (χ0n) is 9.62. The largest absolute Gasteiger partial charge is 0.368 e. The van der Waals surface area contributed by atoms with Crippen molar-refractivity contribution in [2.24, 2.45) is 25.8 Å². The molecule has 2 aliphatic rings. The lowest BCUT2D eigenvalue weighted by molar-refractivity contribution is -0.111. The Kier molecular flexibility index (Phi) is 2.64. The number of thiophene rings is 1. The minimum atomic E-state index is -0.538. The average Bonchev–Trinajstić information content (AvgIpc) is 2.99. The second-order valence-corrected chi connectivity index (χ2v) is 4.70. The van der Waals surface area contributed by atoms with Crippen LogP contribution in [0.5, 0.6) is 0 Å². The van der Waals surface area contributed by atoms with E-state index >= 15 is 0 Å². The standard InChI is InChI=1S/C11H8N6OS/c12-11-15-7-6(3-5-1-2-19-4-5)9(17-13)14-8(7)10(18)16-11/h1-2,4,13H,3H2,(H2,12,16,18). The highest BCUT2D eigenvalue weighted by Gasteiger charge is 2.33. The highest BCUT2D eigenvalue weighted by molar-refractivity contribution is 7.08. The van der Waals surface area contributed by atoms with Crippen molar-refractivity contribution in [1.82, 2.24) is 0 Å². The SMILES string of the molecule is N=NC1=C(Cc2ccsc2)C2=NC(N)=NC(=O)C2=N1. The Balaban J connectivity index is 2.05.